The largest absolute Gasteiger partial charge is 0.399 e. The van der Waals surface area contributed by atoms with Crippen LogP contribution in [0.15, 0.2) is 24.5 Å². The van der Waals surface area contributed by atoms with E-state index < -0.39 is 0 Å². The Kier molecular flexibility index (Phi) is 2.52. The van der Waals surface area contributed by atoms with Crippen molar-refractivity contribution in [3.63, 3.8) is 0 Å². The van der Waals surface area contributed by atoms with Gasteiger partial charge in [-0.25, -0.2) is 4.98 Å². The second-order valence-corrected chi connectivity index (χ2v) is 4.91. The molecule has 2 N–H and O–H groups in total. The highest BCUT2D eigenvalue weighted by atomic mass is 15.2. The molecule has 1 aliphatic rings. The highest BCUT2D eigenvalue weighted by Crippen LogP contribution is 2.20. The van der Waals surface area contributed by atoms with E-state index in [-0.39, 0.29) is 0 Å². The van der Waals surface area contributed by atoms with Crippen molar-refractivity contribution >= 4 is 11.2 Å². The van der Waals surface area contributed by atoms with Crippen LogP contribution >= 0.6 is 0 Å². The van der Waals surface area contributed by atoms with Gasteiger partial charge in [-0.3, -0.25) is 0 Å². The molecule has 0 spiro atoms. The first kappa shape index (κ1) is 10.6. The van der Waals surface area contributed by atoms with Crippen molar-refractivity contribution in [2.45, 2.75) is 25.3 Å². The Balaban J connectivity index is 1.90. The predicted molar refractivity (Wildman–Crippen MR) is 69.0 cm³/mol. The summed E-state index contributed by atoms with van der Waals surface area (Å²) >= 11 is 0. The number of pyridine rings is 1. The van der Waals surface area contributed by atoms with Gasteiger partial charge in [0.1, 0.15) is 5.82 Å². The number of nitrogens with zero attached hydrogens (tertiary/aromatic N) is 3. The standard InChI is InChI=1S/C13H18N4/c1-16-5-2-3-11(16)8-13-15-9-12-7-10(14)4-6-17(12)13/h4,6-7,9,11H,2-3,5,8,14H2,1H3. The summed E-state index contributed by atoms with van der Waals surface area (Å²) in [5.41, 5.74) is 7.65. The fraction of sp³-hybridized carbons (Fsp3) is 0.462. The van der Waals surface area contributed by atoms with Crippen LogP contribution in [-0.4, -0.2) is 33.9 Å². The topological polar surface area (TPSA) is 46.6 Å². The van der Waals surface area contributed by atoms with Crippen LogP contribution in [0.1, 0.15) is 18.7 Å². The summed E-state index contributed by atoms with van der Waals surface area (Å²) in [4.78, 5) is 6.94. The first-order chi connectivity index (χ1) is 8.24. The number of rotatable bonds is 2. The fourth-order valence-electron chi connectivity index (χ4n) is 2.67. The molecule has 0 radical (unpaired) electrons. The van der Waals surface area contributed by atoms with E-state index >= 15 is 0 Å². The molecule has 1 atom stereocenters. The number of likely N-dealkylation sites (N-methyl/N-ethyl adjacent to an activating group) is 1. The fourth-order valence-corrected chi connectivity index (χ4v) is 2.67. The highest BCUT2D eigenvalue weighted by molar-refractivity contribution is 5.55. The number of fused-ring (bicyclic) bond motifs is 1. The molecule has 3 heterocycles. The molecule has 4 nitrogen and oxygen atoms in total. The predicted octanol–water partition coefficient (Wildman–Crippen LogP) is 1.55. The molecule has 1 saturated heterocycles. The number of aromatic nitrogens is 2. The van der Waals surface area contributed by atoms with Crippen molar-refractivity contribution in [3.8, 4) is 0 Å². The maximum absolute atomic E-state index is 5.77. The lowest BCUT2D eigenvalue weighted by molar-refractivity contribution is 0.305. The van der Waals surface area contributed by atoms with Crippen LogP contribution in [0.25, 0.3) is 5.52 Å². The van der Waals surface area contributed by atoms with Gasteiger partial charge in [-0.15, -0.1) is 0 Å². The third-order valence-electron chi connectivity index (χ3n) is 3.72. The summed E-state index contributed by atoms with van der Waals surface area (Å²) in [6.45, 7) is 1.21. The molecule has 0 bridgehead atoms. The van der Waals surface area contributed by atoms with Crippen LogP contribution in [-0.2, 0) is 6.42 Å². The molecule has 1 unspecified atom stereocenters. The number of hydrogen-bond donors (Lipinski definition) is 1. The molecule has 0 saturated carbocycles. The van der Waals surface area contributed by atoms with Crippen molar-refractivity contribution in [2.75, 3.05) is 19.3 Å². The minimum Gasteiger partial charge on any atom is -0.399 e. The molecule has 2 aromatic heterocycles. The first-order valence-corrected chi connectivity index (χ1v) is 6.16. The summed E-state index contributed by atoms with van der Waals surface area (Å²) < 4.78 is 2.14. The molecule has 0 aromatic carbocycles. The summed E-state index contributed by atoms with van der Waals surface area (Å²) in [5, 5.41) is 0. The zero-order chi connectivity index (χ0) is 11.8. The molecule has 3 rings (SSSR count). The third-order valence-corrected chi connectivity index (χ3v) is 3.72. The van der Waals surface area contributed by atoms with Gasteiger partial charge < -0.3 is 15.0 Å². The zero-order valence-electron chi connectivity index (χ0n) is 10.1. The van der Waals surface area contributed by atoms with Gasteiger partial charge in [0.15, 0.2) is 0 Å². The molecule has 1 fully saturated rings. The lowest BCUT2D eigenvalue weighted by Gasteiger charge is -2.18. The van der Waals surface area contributed by atoms with Gasteiger partial charge in [0, 0.05) is 24.3 Å². The van der Waals surface area contributed by atoms with Crippen molar-refractivity contribution < 1.29 is 0 Å². The average Bonchev–Trinajstić information content (AvgIpc) is 2.87. The number of likely N-dealkylation sites (tertiary alicyclic amines) is 1. The Morgan fingerprint density at radius 1 is 1.53 bits per heavy atom. The third kappa shape index (κ3) is 1.89. The maximum atomic E-state index is 5.77. The van der Waals surface area contributed by atoms with Crippen LogP contribution in [0, 0.1) is 0 Å². The first-order valence-electron chi connectivity index (χ1n) is 6.16. The van der Waals surface area contributed by atoms with E-state index in [0.717, 1.165) is 23.4 Å². The molecule has 0 aliphatic carbocycles. The van der Waals surface area contributed by atoms with Crippen molar-refractivity contribution in [1.82, 2.24) is 14.3 Å². The van der Waals surface area contributed by atoms with Crippen LogP contribution in [0.2, 0.25) is 0 Å². The molecule has 4 heteroatoms. The number of nitrogen functional groups attached to an aromatic ring is 1. The second-order valence-electron chi connectivity index (χ2n) is 4.91. The summed E-state index contributed by atoms with van der Waals surface area (Å²) in [5.74, 6) is 1.14. The lowest BCUT2D eigenvalue weighted by atomic mass is 10.1. The van der Waals surface area contributed by atoms with Crippen molar-refractivity contribution in [1.29, 1.82) is 0 Å². The van der Waals surface area contributed by atoms with E-state index in [1.807, 2.05) is 24.5 Å². The normalized spacial score (nSPS) is 21.4. The Bertz CT molecular complexity index is 531. The van der Waals surface area contributed by atoms with Gasteiger partial charge in [0.2, 0.25) is 0 Å². The van der Waals surface area contributed by atoms with Gasteiger partial charge in [-0.05, 0) is 38.6 Å². The molecular formula is C13H18N4. The van der Waals surface area contributed by atoms with Gasteiger partial charge in [-0.2, -0.15) is 0 Å². The van der Waals surface area contributed by atoms with Gasteiger partial charge >= 0.3 is 0 Å². The molecule has 17 heavy (non-hydrogen) atoms. The summed E-state index contributed by atoms with van der Waals surface area (Å²) in [7, 11) is 2.20. The van der Waals surface area contributed by atoms with E-state index in [4.69, 9.17) is 5.73 Å². The second kappa shape index (κ2) is 4.04. The van der Waals surface area contributed by atoms with Crippen molar-refractivity contribution in [3.05, 3.63) is 30.4 Å². The van der Waals surface area contributed by atoms with Gasteiger partial charge in [0.25, 0.3) is 0 Å². The average molecular weight is 230 g/mol. The number of hydrogen-bond acceptors (Lipinski definition) is 3. The van der Waals surface area contributed by atoms with E-state index in [9.17, 15) is 0 Å². The lowest BCUT2D eigenvalue weighted by Crippen LogP contribution is -2.27. The van der Waals surface area contributed by atoms with Crippen LogP contribution in [0.4, 0.5) is 5.69 Å². The maximum Gasteiger partial charge on any atom is 0.114 e. The number of imidazole rings is 1. The Morgan fingerprint density at radius 2 is 2.41 bits per heavy atom. The monoisotopic (exact) mass is 230 g/mol. The Hall–Kier alpha value is -1.55. The SMILES string of the molecule is CN1CCCC1Cc1ncc2cc(N)ccn12. The quantitative estimate of drug-likeness (QED) is 0.851. The minimum atomic E-state index is 0.637. The molecule has 0 amide bonds. The highest BCUT2D eigenvalue weighted by Gasteiger charge is 2.22. The van der Waals surface area contributed by atoms with E-state index in [2.05, 4.69) is 21.3 Å². The molecule has 90 valence electrons. The number of nitrogens with two attached hydrogens (primary N) is 1. The number of anilines is 1. The van der Waals surface area contributed by atoms with Crippen LogP contribution in [0.3, 0.4) is 0 Å². The van der Waals surface area contributed by atoms with Crippen LogP contribution in [0.5, 0.6) is 0 Å². The minimum absolute atomic E-state index is 0.637. The Labute approximate surface area is 101 Å². The summed E-state index contributed by atoms with van der Waals surface area (Å²) in [6, 6.07) is 4.53. The van der Waals surface area contributed by atoms with Gasteiger partial charge in [-0.1, -0.05) is 0 Å². The van der Waals surface area contributed by atoms with E-state index in [0.29, 0.717) is 6.04 Å². The molecular weight excluding hydrogens is 212 g/mol. The summed E-state index contributed by atoms with van der Waals surface area (Å²) in [6.07, 6.45) is 7.52. The van der Waals surface area contributed by atoms with Crippen molar-refractivity contribution in [2.24, 2.45) is 0 Å². The smallest absolute Gasteiger partial charge is 0.114 e. The van der Waals surface area contributed by atoms with E-state index in [1.165, 1.54) is 19.4 Å². The van der Waals surface area contributed by atoms with E-state index in [1.54, 1.807) is 0 Å². The van der Waals surface area contributed by atoms with Gasteiger partial charge in [0.05, 0.1) is 11.7 Å². The molecule has 2 aromatic rings. The van der Waals surface area contributed by atoms with Crippen LogP contribution < -0.4 is 5.73 Å². The molecule has 1 aliphatic heterocycles. The zero-order valence-corrected chi connectivity index (χ0v) is 10.1. The Morgan fingerprint density at radius 3 is 3.18 bits per heavy atom.